The first-order valence-electron chi connectivity index (χ1n) is 7.02. The first-order valence-corrected chi connectivity index (χ1v) is 7.02. The largest absolute Gasteiger partial charge is 0.444 e. The van der Waals surface area contributed by atoms with Crippen LogP contribution in [0, 0.1) is 0 Å². The zero-order chi connectivity index (χ0) is 16.3. The summed E-state index contributed by atoms with van der Waals surface area (Å²) in [6, 6.07) is -0.303. The summed E-state index contributed by atoms with van der Waals surface area (Å²) in [5, 5.41) is 0. The maximum absolute atomic E-state index is 12.5. The number of carbonyl (C=O) groups excluding carboxylic acids is 1. The molecule has 0 aromatic carbocycles. The first kappa shape index (κ1) is 17.9. The highest BCUT2D eigenvalue weighted by Gasteiger charge is 2.48. The fraction of sp³-hybridized carbons (Fsp3) is 0.800. The van der Waals surface area contributed by atoms with Crippen molar-refractivity contribution >= 4 is 6.09 Å². The average Bonchev–Trinajstić information content (AvgIpc) is 2.64. The molecule has 0 saturated carbocycles. The highest BCUT2D eigenvalue weighted by atomic mass is 16.7. The van der Waals surface area contributed by atoms with E-state index in [1.54, 1.807) is 18.1 Å². The molecule has 1 amide bonds. The zero-order valence-electron chi connectivity index (χ0n) is 13.8. The number of ether oxygens (including phenoxy) is 4. The van der Waals surface area contributed by atoms with Crippen molar-refractivity contribution in [3.8, 4) is 0 Å². The van der Waals surface area contributed by atoms with E-state index in [-0.39, 0.29) is 18.9 Å². The highest BCUT2D eigenvalue weighted by Crippen LogP contribution is 2.32. The van der Waals surface area contributed by atoms with Crippen LogP contribution in [0.2, 0.25) is 0 Å². The highest BCUT2D eigenvalue weighted by molar-refractivity contribution is 5.70. The molecule has 0 bridgehead atoms. The van der Waals surface area contributed by atoms with Crippen molar-refractivity contribution < 1.29 is 23.7 Å². The predicted octanol–water partition coefficient (Wildman–Crippen LogP) is 2.53. The third-order valence-corrected chi connectivity index (χ3v) is 3.10. The molecule has 6 nitrogen and oxygen atoms in total. The lowest BCUT2D eigenvalue weighted by Crippen LogP contribution is -2.53. The summed E-state index contributed by atoms with van der Waals surface area (Å²) >= 11 is 0. The smallest absolute Gasteiger partial charge is 0.413 e. The molecule has 0 aromatic heterocycles. The Morgan fingerprint density at radius 1 is 1.52 bits per heavy atom. The van der Waals surface area contributed by atoms with Gasteiger partial charge in [0.05, 0.1) is 12.6 Å². The molecular weight excluding hydrogens is 274 g/mol. The first-order chi connectivity index (χ1) is 9.62. The number of amides is 1. The van der Waals surface area contributed by atoms with Crippen LogP contribution in [0.15, 0.2) is 12.7 Å². The Labute approximate surface area is 127 Å². The number of hydrogen-bond donors (Lipinski definition) is 0. The molecule has 0 aliphatic carbocycles. The minimum atomic E-state index is -0.759. The van der Waals surface area contributed by atoms with Gasteiger partial charge in [-0.25, -0.2) is 4.79 Å². The quantitative estimate of drug-likeness (QED) is 0.577. The standard InChI is InChI=1S/C15H27NO5/c1-8-12(19-10-18-7)11-9-20-15(5,6)16(11)13(17)21-14(2,3)4/h8,11-12H,1,9-10H2,2-7H3/t11-,12-/m0/s1. The van der Waals surface area contributed by atoms with Crippen molar-refractivity contribution in [3.05, 3.63) is 12.7 Å². The van der Waals surface area contributed by atoms with Crippen LogP contribution in [0.25, 0.3) is 0 Å². The number of hydrogen-bond acceptors (Lipinski definition) is 5. The lowest BCUT2D eigenvalue weighted by atomic mass is 10.1. The summed E-state index contributed by atoms with van der Waals surface area (Å²) in [5.41, 5.74) is -1.33. The van der Waals surface area contributed by atoms with Crippen LogP contribution in [-0.2, 0) is 18.9 Å². The van der Waals surface area contributed by atoms with Crippen LogP contribution < -0.4 is 0 Å². The van der Waals surface area contributed by atoms with Crippen molar-refractivity contribution in [1.82, 2.24) is 4.90 Å². The second kappa shape index (κ2) is 6.77. The van der Waals surface area contributed by atoms with E-state index in [4.69, 9.17) is 18.9 Å². The average molecular weight is 301 g/mol. The van der Waals surface area contributed by atoms with Crippen LogP contribution >= 0.6 is 0 Å². The van der Waals surface area contributed by atoms with E-state index < -0.39 is 17.4 Å². The van der Waals surface area contributed by atoms with Gasteiger partial charge in [-0.15, -0.1) is 6.58 Å². The molecule has 6 heteroatoms. The van der Waals surface area contributed by atoms with Crippen LogP contribution in [-0.4, -0.2) is 55.0 Å². The summed E-state index contributed by atoms with van der Waals surface area (Å²) in [5.74, 6) is 0. The predicted molar refractivity (Wildman–Crippen MR) is 78.8 cm³/mol. The van der Waals surface area contributed by atoms with Crippen molar-refractivity contribution in [2.75, 3.05) is 20.5 Å². The van der Waals surface area contributed by atoms with Crippen molar-refractivity contribution in [2.24, 2.45) is 0 Å². The maximum atomic E-state index is 12.5. The third kappa shape index (κ3) is 4.69. The topological polar surface area (TPSA) is 57.2 Å². The Morgan fingerprint density at radius 2 is 2.14 bits per heavy atom. The summed E-state index contributed by atoms with van der Waals surface area (Å²) in [7, 11) is 1.54. The summed E-state index contributed by atoms with van der Waals surface area (Å²) in [6.45, 7) is 13.4. The van der Waals surface area contributed by atoms with Crippen LogP contribution in [0.1, 0.15) is 34.6 Å². The van der Waals surface area contributed by atoms with Gasteiger partial charge in [0.15, 0.2) is 0 Å². The number of carbonyl (C=O) groups is 1. The second-order valence-electron chi connectivity index (χ2n) is 6.45. The number of methoxy groups -OCH3 is 1. The Kier molecular flexibility index (Phi) is 5.78. The SMILES string of the molecule is C=C[C@H](OCOC)[C@@H]1COC(C)(C)N1C(=O)OC(C)(C)C. The molecule has 0 radical (unpaired) electrons. The molecule has 0 unspecified atom stereocenters. The molecule has 1 saturated heterocycles. The Bertz CT molecular complexity index is 375. The van der Waals surface area contributed by atoms with Gasteiger partial charge >= 0.3 is 6.09 Å². The van der Waals surface area contributed by atoms with Gasteiger partial charge in [0, 0.05) is 7.11 Å². The van der Waals surface area contributed by atoms with E-state index >= 15 is 0 Å². The molecule has 21 heavy (non-hydrogen) atoms. The van der Waals surface area contributed by atoms with Gasteiger partial charge in [-0.3, -0.25) is 4.90 Å². The minimum Gasteiger partial charge on any atom is -0.444 e. The molecule has 1 aliphatic heterocycles. The van der Waals surface area contributed by atoms with E-state index in [9.17, 15) is 4.79 Å². The van der Waals surface area contributed by atoms with Crippen molar-refractivity contribution in [3.63, 3.8) is 0 Å². The van der Waals surface area contributed by atoms with Crippen molar-refractivity contribution in [2.45, 2.75) is 58.1 Å². The Hall–Kier alpha value is -1.11. The van der Waals surface area contributed by atoms with Gasteiger partial charge in [-0.2, -0.15) is 0 Å². The van der Waals surface area contributed by atoms with Crippen LogP contribution in [0.5, 0.6) is 0 Å². The Balaban J connectivity index is 2.92. The van der Waals surface area contributed by atoms with Gasteiger partial charge < -0.3 is 18.9 Å². The van der Waals surface area contributed by atoms with Gasteiger partial charge in [0.1, 0.15) is 24.2 Å². The minimum absolute atomic E-state index is 0.121. The fourth-order valence-corrected chi connectivity index (χ4v) is 2.22. The Morgan fingerprint density at radius 3 is 2.62 bits per heavy atom. The molecule has 0 spiro atoms. The van der Waals surface area contributed by atoms with Crippen molar-refractivity contribution in [1.29, 1.82) is 0 Å². The maximum Gasteiger partial charge on any atom is 0.413 e. The summed E-state index contributed by atoms with van der Waals surface area (Å²) < 4.78 is 21.7. The molecule has 1 aliphatic rings. The van der Waals surface area contributed by atoms with Crippen LogP contribution in [0.4, 0.5) is 4.79 Å². The monoisotopic (exact) mass is 301 g/mol. The fourth-order valence-electron chi connectivity index (χ4n) is 2.22. The van der Waals surface area contributed by atoms with E-state index in [2.05, 4.69) is 6.58 Å². The molecule has 1 fully saturated rings. The molecule has 1 heterocycles. The lowest BCUT2D eigenvalue weighted by Gasteiger charge is -2.36. The van der Waals surface area contributed by atoms with E-state index in [0.29, 0.717) is 6.61 Å². The van der Waals surface area contributed by atoms with E-state index in [1.165, 1.54) is 0 Å². The van der Waals surface area contributed by atoms with Gasteiger partial charge in [-0.1, -0.05) is 6.08 Å². The van der Waals surface area contributed by atoms with E-state index in [1.807, 2.05) is 34.6 Å². The second-order valence-corrected chi connectivity index (χ2v) is 6.45. The number of rotatable bonds is 5. The molecule has 0 aromatic rings. The molecule has 1 rings (SSSR count). The van der Waals surface area contributed by atoms with Gasteiger partial charge in [0.25, 0.3) is 0 Å². The molecule has 2 atom stereocenters. The normalized spacial score (nSPS) is 23.0. The third-order valence-electron chi connectivity index (χ3n) is 3.10. The molecule has 0 N–H and O–H groups in total. The lowest BCUT2D eigenvalue weighted by molar-refractivity contribution is -0.0902. The summed E-state index contributed by atoms with van der Waals surface area (Å²) in [4.78, 5) is 14.1. The zero-order valence-corrected chi connectivity index (χ0v) is 13.8. The van der Waals surface area contributed by atoms with Crippen LogP contribution in [0.3, 0.4) is 0 Å². The number of nitrogens with zero attached hydrogens (tertiary/aromatic N) is 1. The van der Waals surface area contributed by atoms with Gasteiger partial charge in [-0.05, 0) is 34.6 Å². The summed E-state index contributed by atoms with van der Waals surface area (Å²) in [6.07, 6.45) is 0.827. The molecular formula is C15H27NO5. The van der Waals surface area contributed by atoms with E-state index in [0.717, 1.165) is 0 Å². The van der Waals surface area contributed by atoms with Gasteiger partial charge in [0.2, 0.25) is 0 Å². The molecule has 122 valence electrons.